The van der Waals surface area contributed by atoms with E-state index >= 15 is 0 Å². The second-order valence-electron chi connectivity index (χ2n) is 7.00. The molecule has 0 unspecified atom stereocenters. The number of methoxy groups -OCH3 is 1. The van der Waals surface area contributed by atoms with E-state index in [2.05, 4.69) is 0 Å². The molecule has 1 fully saturated rings. The minimum Gasteiger partial charge on any atom is -0.497 e. The number of ketones is 1. The van der Waals surface area contributed by atoms with Crippen molar-refractivity contribution in [2.24, 2.45) is 0 Å². The summed E-state index contributed by atoms with van der Waals surface area (Å²) in [6, 6.07) is 9.41. The summed E-state index contributed by atoms with van der Waals surface area (Å²) in [7, 11) is 1.50. The van der Waals surface area contributed by atoms with Crippen LogP contribution >= 0.6 is 23.2 Å². The lowest BCUT2D eigenvalue weighted by atomic mass is 10.0. The van der Waals surface area contributed by atoms with Crippen molar-refractivity contribution in [3.63, 3.8) is 0 Å². The molecule has 2 aromatic carbocycles. The van der Waals surface area contributed by atoms with Crippen LogP contribution in [0.2, 0.25) is 10.0 Å². The van der Waals surface area contributed by atoms with Crippen LogP contribution in [-0.2, 0) is 9.59 Å². The van der Waals surface area contributed by atoms with E-state index < -0.39 is 29.5 Å². The van der Waals surface area contributed by atoms with Gasteiger partial charge in [-0.25, -0.2) is 5.01 Å². The number of hydrogen-bond donors (Lipinski definition) is 0. The quantitative estimate of drug-likeness (QED) is 0.475. The van der Waals surface area contributed by atoms with E-state index in [-0.39, 0.29) is 23.4 Å². The van der Waals surface area contributed by atoms with Crippen molar-refractivity contribution >= 4 is 46.7 Å². The van der Waals surface area contributed by atoms with Crippen molar-refractivity contribution in [1.82, 2.24) is 10.0 Å². The zero-order chi connectivity index (χ0) is 22.7. The van der Waals surface area contributed by atoms with Crippen LogP contribution < -0.4 is 4.74 Å². The number of benzene rings is 2. The van der Waals surface area contributed by atoms with E-state index in [1.807, 2.05) is 0 Å². The van der Waals surface area contributed by atoms with Gasteiger partial charge in [-0.15, -0.1) is 0 Å². The predicted octanol–water partition coefficient (Wildman–Crippen LogP) is 4.17. The molecular formula is C22H20Cl2N2O5. The molecule has 0 bridgehead atoms. The Hall–Kier alpha value is -2.90. The number of Topliss-reactive ketones (excluding diaryl/α,β-unsaturated/α-hetero) is 1. The number of rotatable bonds is 6. The van der Waals surface area contributed by atoms with E-state index in [0.29, 0.717) is 22.8 Å². The molecule has 1 saturated heterocycles. The van der Waals surface area contributed by atoms with Gasteiger partial charge < -0.3 is 4.74 Å². The van der Waals surface area contributed by atoms with Crippen LogP contribution in [0.4, 0.5) is 0 Å². The van der Waals surface area contributed by atoms with Crippen molar-refractivity contribution in [1.29, 1.82) is 0 Å². The normalized spacial score (nSPS) is 14.9. The number of ether oxygens (including phenoxy) is 1. The molecule has 0 radical (unpaired) electrons. The third-order valence-electron chi connectivity index (χ3n) is 4.96. The van der Waals surface area contributed by atoms with Crippen molar-refractivity contribution in [3.8, 4) is 5.75 Å². The van der Waals surface area contributed by atoms with Crippen molar-refractivity contribution in [2.75, 3.05) is 7.11 Å². The number of hydrazine groups is 1. The van der Waals surface area contributed by atoms with Crippen LogP contribution in [0.15, 0.2) is 42.5 Å². The molecule has 1 aliphatic rings. The Labute approximate surface area is 189 Å². The highest BCUT2D eigenvalue weighted by Crippen LogP contribution is 2.27. The van der Waals surface area contributed by atoms with Crippen molar-refractivity contribution in [2.45, 2.75) is 32.2 Å². The largest absolute Gasteiger partial charge is 0.497 e. The van der Waals surface area contributed by atoms with Gasteiger partial charge in [-0.05, 0) is 55.8 Å². The number of imide groups is 1. The van der Waals surface area contributed by atoms with Gasteiger partial charge in [-0.1, -0.05) is 23.2 Å². The first-order valence-electron chi connectivity index (χ1n) is 9.57. The van der Waals surface area contributed by atoms with E-state index in [4.69, 9.17) is 27.9 Å². The lowest BCUT2D eigenvalue weighted by molar-refractivity contribution is -0.165. The van der Waals surface area contributed by atoms with Gasteiger partial charge in [0, 0.05) is 23.4 Å². The van der Waals surface area contributed by atoms with Gasteiger partial charge in [0.05, 0.1) is 17.7 Å². The second-order valence-corrected chi connectivity index (χ2v) is 7.84. The molecule has 162 valence electrons. The molecule has 1 atom stereocenters. The Bertz CT molecular complexity index is 1020. The van der Waals surface area contributed by atoms with E-state index in [1.54, 1.807) is 24.3 Å². The summed E-state index contributed by atoms with van der Waals surface area (Å²) < 4.78 is 5.10. The summed E-state index contributed by atoms with van der Waals surface area (Å²) in [5, 5.41) is 2.03. The Morgan fingerprint density at radius 1 is 1.03 bits per heavy atom. The van der Waals surface area contributed by atoms with Crippen LogP contribution in [0.25, 0.3) is 0 Å². The monoisotopic (exact) mass is 462 g/mol. The van der Waals surface area contributed by atoms with E-state index in [0.717, 1.165) is 10.0 Å². The van der Waals surface area contributed by atoms with Gasteiger partial charge in [0.15, 0.2) is 5.78 Å². The van der Waals surface area contributed by atoms with Crippen LogP contribution in [0.5, 0.6) is 5.75 Å². The second kappa shape index (κ2) is 9.49. The fourth-order valence-electron chi connectivity index (χ4n) is 3.32. The smallest absolute Gasteiger partial charge is 0.275 e. The maximum atomic E-state index is 13.4. The Morgan fingerprint density at radius 2 is 1.65 bits per heavy atom. The number of carbonyl (C=O) groups is 4. The number of nitrogens with zero attached hydrogens (tertiary/aromatic N) is 2. The van der Waals surface area contributed by atoms with Crippen LogP contribution in [0.3, 0.4) is 0 Å². The molecule has 0 aromatic heterocycles. The lowest BCUT2D eigenvalue weighted by Gasteiger charge is -2.38. The number of hydrogen-bond acceptors (Lipinski definition) is 5. The number of amides is 3. The molecule has 3 rings (SSSR count). The first-order chi connectivity index (χ1) is 14.7. The number of halogens is 2. The zero-order valence-corrected chi connectivity index (χ0v) is 18.4. The molecular weight excluding hydrogens is 443 g/mol. The average Bonchev–Trinajstić information content (AvgIpc) is 2.75. The SMILES string of the molecule is COc1ccc(C(=O)[C@H](C)N(C(=O)c2ccc(Cl)cc2Cl)N2C(=O)CCCC2=O)cc1. The van der Waals surface area contributed by atoms with Gasteiger partial charge >= 0.3 is 0 Å². The van der Waals surface area contributed by atoms with Gasteiger partial charge in [0.1, 0.15) is 11.8 Å². The summed E-state index contributed by atoms with van der Waals surface area (Å²) in [6.45, 7) is 1.46. The molecule has 1 aliphatic heterocycles. The third kappa shape index (κ3) is 4.73. The Balaban J connectivity index is 2.03. The maximum absolute atomic E-state index is 13.4. The Morgan fingerprint density at radius 3 is 2.19 bits per heavy atom. The first-order valence-corrected chi connectivity index (χ1v) is 10.3. The van der Waals surface area contributed by atoms with Gasteiger partial charge in [-0.2, -0.15) is 5.01 Å². The Kier molecular flexibility index (Phi) is 6.97. The minimum atomic E-state index is -1.15. The maximum Gasteiger partial charge on any atom is 0.275 e. The lowest BCUT2D eigenvalue weighted by Crippen LogP contribution is -2.59. The fraction of sp³-hybridized carbons (Fsp3) is 0.273. The zero-order valence-electron chi connectivity index (χ0n) is 16.9. The highest BCUT2D eigenvalue weighted by molar-refractivity contribution is 6.36. The van der Waals surface area contributed by atoms with E-state index in [1.165, 1.54) is 32.2 Å². The minimum absolute atomic E-state index is 0.0200. The molecule has 1 heterocycles. The summed E-state index contributed by atoms with van der Waals surface area (Å²) in [5.74, 6) is -1.74. The van der Waals surface area contributed by atoms with Crippen LogP contribution in [0.1, 0.15) is 46.9 Å². The standard InChI is InChI=1S/C22H20Cl2N2O5/c1-13(21(29)14-6-9-16(31-2)10-7-14)25(26-19(27)4-3-5-20(26)28)22(30)17-11-8-15(23)12-18(17)24/h6-13H,3-5H2,1-2H3/t13-/m0/s1. The molecule has 0 saturated carbocycles. The first kappa shape index (κ1) is 22.8. The molecule has 9 heteroatoms. The number of piperidine rings is 1. The molecule has 31 heavy (non-hydrogen) atoms. The summed E-state index contributed by atoms with van der Waals surface area (Å²) in [4.78, 5) is 51.8. The predicted molar refractivity (Wildman–Crippen MR) is 115 cm³/mol. The summed E-state index contributed by atoms with van der Waals surface area (Å²) in [6.07, 6.45) is 0.569. The van der Waals surface area contributed by atoms with Gasteiger partial charge in [0.25, 0.3) is 5.91 Å². The van der Waals surface area contributed by atoms with Crippen molar-refractivity contribution < 1.29 is 23.9 Å². The molecule has 0 N–H and O–H groups in total. The van der Waals surface area contributed by atoms with Gasteiger partial charge in [0.2, 0.25) is 11.8 Å². The fourth-order valence-corrected chi connectivity index (χ4v) is 3.81. The van der Waals surface area contributed by atoms with E-state index in [9.17, 15) is 19.2 Å². The summed E-state index contributed by atoms with van der Waals surface area (Å²) in [5.41, 5.74) is 0.317. The highest BCUT2D eigenvalue weighted by atomic mass is 35.5. The molecule has 7 nitrogen and oxygen atoms in total. The number of carbonyl (C=O) groups excluding carboxylic acids is 4. The van der Waals surface area contributed by atoms with Crippen LogP contribution in [-0.4, -0.2) is 46.7 Å². The average molecular weight is 463 g/mol. The molecule has 3 amide bonds. The van der Waals surface area contributed by atoms with Crippen molar-refractivity contribution in [3.05, 3.63) is 63.6 Å². The van der Waals surface area contributed by atoms with Gasteiger partial charge in [-0.3, -0.25) is 19.2 Å². The highest BCUT2D eigenvalue weighted by Gasteiger charge is 2.40. The third-order valence-corrected chi connectivity index (χ3v) is 5.51. The molecule has 2 aromatic rings. The van der Waals surface area contributed by atoms with Crippen LogP contribution in [0, 0.1) is 0 Å². The molecule has 0 spiro atoms. The summed E-state index contributed by atoms with van der Waals surface area (Å²) >= 11 is 12.1. The molecule has 0 aliphatic carbocycles. The topological polar surface area (TPSA) is 84.0 Å².